The van der Waals surface area contributed by atoms with E-state index in [2.05, 4.69) is 10.6 Å². The normalized spacial score (nSPS) is 15.4. The molecule has 11 nitrogen and oxygen atoms in total. The molecule has 0 spiro atoms. The summed E-state index contributed by atoms with van der Waals surface area (Å²) in [4.78, 5) is 54.7. The van der Waals surface area contributed by atoms with Crippen molar-refractivity contribution in [3.05, 3.63) is 0 Å². The molecular formula is C11H23N4O7P. The van der Waals surface area contributed by atoms with Gasteiger partial charge in [0.05, 0.1) is 13.2 Å². The number of rotatable bonds is 8. The fraction of sp³-hybridized carbons (Fsp3) is 0.727. The number of likely N-dealkylation sites (N-methyl/N-ethyl adjacent to an activating group) is 1. The van der Waals surface area contributed by atoms with E-state index in [0.29, 0.717) is 4.90 Å². The zero-order valence-corrected chi connectivity index (χ0v) is 14.0. The van der Waals surface area contributed by atoms with Crippen molar-refractivity contribution in [3.63, 3.8) is 0 Å². The molecule has 0 unspecified atom stereocenters. The van der Waals surface area contributed by atoms with Crippen molar-refractivity contribution in [2.75, 3.05) is 20.2 Å². The number of amides is 3. The van der Waals surface area contributed by atoms with Gasteiger partial charge in [0, 0.05) is 0 Å². The van der Waals surface area contributed by atoms with Gasteiger partial charge in [0.25, 0.3) is 5.91 Å². The summed E-state index contributed by atoms with van der Waals surface area (Å²) in [6.07, 6.45) is 0. The van der Waals surface area contributed by atoms with Crippen molar-refractivity contribution in [3.8, 4) is 0 Å². The highest BCUT2D eigenvalue weighted by Crippen LogP contribution is 2.42. The summed E-state index contributed by atoms with van der Waals surface area (Å²) >= 11 is 0. The molecule has 0 aromatic carbocycles. The predicted octanol–water partition coefficient (Wildman–Crippen LogP) is -3.09. The van der Waals surface area contributed by atoms with Crippen LogP contribution in [-0.2, 0) is 18.9 Å². The van der Waals surface area contributed by atoms with Crippen molar-refractivity contribution >= 4 is 25.3 Å². The Balaban J connectivity index is 5.31. The highest BCUT2D eigenvalue weighted by molar-refractivity contribution is 7.52. The minimum atomic E-state index is -4.76. The van der Waals surface area contributed by atoms with Crippen LogP contribution in [0.5, 0.6) is 0 Å². The van der Waals surface area contributed by atoms with Gasteiger partial charge >= 0.3 is 7.60 Å². The number of imide groups is 1. The van der Waals surface area contributed by atoms with Crippen LogP contribution in [0.3, 0.4) is 0 Å². The lowest BCUT2D eigenvalue weighted by molar-refractivity contribution is -0.147. The third kappa shape index (κ3) is 6.34. The summed E-state index contributed by atoms with van der Waals surface area (Å²) in [6, 6.07) is -2.53. The topological polar surface area (TPSA) is 182 Å². The van der Waals surface area contributed by atoms with Gasteiger partial charge in [-0.3, -0.25) is 23.8 Å². The van der Waals surface area contributed by atoms with Crippen LogP contribution in [0.15, 0.2) is 0 Å². The summed E-state index contributed by atoms with van der Waals surface area (Å²) < 4.78 is 11.4. The van der Waals surface area contributed by atoms with Crippen LogP contribution in [0.1, 0.15) is 13.8 Å². The molecular weight excluding hydrogens is 331 g/mol. The number of aliphatic hydroxyl groups is 1. The minimum absolute atomic E-state index is 0.326. The summed E-state index contributed by atoms with van der Waals surface area (Å²) in [6.45, 7) is 1.29. The van der Waals surface area contributed by atoms with Gasteiger partial charge in [-0.05, 0) is 20.9 Å². The predicted molar refractivity (Wildman–Crippen MR) is 80.0 cm³/mol. The lowest BCUT2D eigenvalue weighted by Gasteiger charge is -2.30. The maximum atomic E-state index is 12.3. The number of carbonyl (C=O) groups excluding carboxylic acids is 3. The highest BCUT2D eigenvalue weighted by atomic mass is 31.2. The molecule has 134 valence electrons. The number of hydrogen-bond acceptors (Lipinski definition) is 7. The Labute approximate surface area is 133 Å². The van der Waals surface area contributed by atoms with Crippen LogP contribution in [0, 0.1) is 0 Å². The summed E-state index contributed by atoms with van der Waals surface area (Å²) in [5, 5.41) is 13.4. The molecule has 0 fully saturated rings. The molecule has 0 saturated carbocycles. The molecule has 0 radical (unpaired) electrons. The standard InChI is InChI=1S/C11H23N4O7P/c1-6(14-10(18)8(12)5-16)11(19)15(9(17)4-13-3)7(2)23(20,21)22/h6-8,13,16H,4-5,12H2,1-3H3,(H,14,18)(H2,20,21,22)/t6-,7+,8-/m0/s1. The van der Waals surface area contributed by atoms with Gasteiger partial charge in [0.1, 0.15) is 17.9 Å². The minimum Gasteiger partial charge on any atom is -0.394 e. The van der Waals surface area contributed by atoms with Gasteiger partial charge in [0.2, 0.25) is 11.8 Å². The summed E-state index contributed by atoms with van der Waals surface area (Å²) in [7, 11) is -3.34. The van der Waals surface area contributed by atoms with Gasteiger partial charge in [-0.15, -0.1) is 0 Å². The molecule has 0 saturated heterocycles. The zero-order chi connectivity index (χ0) is 18.4. The van der Waals surface area contributed by atoms with Crippen molar-refractivity contribution in [2.24, 2.45) is 5.73 Å². The maximum absolute atomic E-state index is 12.3. The monoisotopic (exact) mass is 354 g/mol. The van der Waals surface area contributed by atoms with Gasteiger partial charge in [-0.1, -0.05) is 0 Å². The quantitative estimate of drug-likeness (QED) is 0.246. The van der Waals surface area contributed by atoms with E-state index < -0.39 is 49.8 Å². The fourth-order valence-corrected chi connectivity index (χ4v) is 2.12. The van der Waals surface area contributed by atoms with Crippen molar-refractivity contribution in [1.29, 1.82) is 0 Å². The fourth-order valence-electron chi connectivity index (χ4n) is 1.58. The van der Waals surface area contributed by atoms with Crippen molar-refractivity contribution < 1.29 is 33.8 Å². The van der Waals surface area contributed by atoms with E-state index in [4.69, 9.17) is 10.8 Å². The third-order valence-electron chi connectivity index (χ3n) is 2.96. The number of nitrogens with zero attached hydrogens (tertiary/aromatic N) is 1. The summed E-state index contributed by atoms with van der Waals surface area (Å²) in [5.41, 5.74) is 5.29. The molecule has 7 N–H and O–H groups in total. The molecule has 0 aliphatic rings. The lowest BCUT2D eigenvalue weighted by Crippen LogP contribution is -2.56. The van der Waals surface area contributed by atoms with Crippen molar-refractivity contribution in [1.82, 2.24) is 15.5 Å². The number of nitrogens with one attached hydrogen (secondary N) is 2. The average Bonchev–Trinajstić information content (AvgIpc) is 2.45. The molecule has 0 aliphatic carbocycles. The van der Waals surface area contributed by atoms with Crippen LogP contribution in [0.25, 0.3) is 0 Å². The van der Waals surface area contributed by atoms with E-state index in [1.165, 1.54) is 14.0 Å². The first kappa shape index (κ1) is 21.6. The molecule has 0 rings (SSSR count). The van der Waals surface area contributed by atoms with Crippen LogP contribution in [0.2, 0.25) is 0 Å². The van der Waals surface area contributed by atoms with Crippen LogP contribution in [0.4, 0.5) is 0 Å². The lowest BCUT2D eigenvalue weighted by atomic mass is 10.2. The smallest absolute Gasteiger partial charge is 0.348 e. The average molecular weight is 354 g/mol. The molecule has 0 bridgehead atoms. The molecule has 0 aromatic heterocycles. The Bertz CT molecular complexity index is 495. The summed E-state index contributed by atoms with van der Waals surface area (Å²) in [5.74, 6) is -4.39. The molecule has 23 heavy (non-hydrogen) atoms. The molecule has 3 amide bonds. The Morgan fingerprint density at radius 1 is 1.26 bits per heavy atom. The Morgan fingerprint density at radius 2 is 1.78 bits per heavy atom. The van der Waals surface area contributed by atoms with Gasteiger partial charge in [0.15, 0.2) is 0 Å². The number of aliphatic hydroxyl groups excluding tert-OH is 1. The number of nitrogens with two attached hydrogens (primary N) is 1. The van der Waals surface area contributed by atoms with E-state index in [1.54, 1.807) is 0 Å². The van der Waals surface area contributed by atoms with Crippen LogP contribution in [-0.4, -0.2) is 75.6 Å². The van der Waals surface area contributed by atoms with Crippen molar-refractivity contribution in [2.45, 2.75) is 31.7 Å². The number of carbonyl (C=O) groups is 3. The number of hydrogen-bond donors (Lipinski definition) is 6. The Kier molecular flexibility index (Phi) is 8.53. The SMILES string of the molecule is CNCC(=O)N(C(=O)[C@H](C)NC(=O)[C@@H](N)CO)[C@@H](C)P(=O)(O)O. The first-order chi connectivity index (χ1) is 10.5. The Morgan fingerprint density at radius 3 is 2.17 bits per heavy atom. The van der Waals surface area contributed by atoms with E-state index >= 15 is 0 Å². The van der Waals surface area contributed by atoms with E-state index in [1.807, 2.05) is 0 Å². The molecule has 0 heterocycles. The molecule has 0 aliphatic heterocycles. The highest BCUT2D eigenvalue weighted by Gasteiger charge is 2.39. The van der Waals surface area contributed by atoms with Crippen LogP contribution >= 0.6 is 7.60 Å². The third-order valence-corrected chi connectivity index (χ3v) is 4.16. The van der Waals surface area contributed by atoms with Crippen LogP contribution < -0.4 is 16.4 Å². The first-order valence-corrected chi connectivity index (χ1v) is 8.38. The van der Waals surface area contributed by atoms with Gasteiger partial charge in [-0.2, -0.15) is 0 Å². The molecule has 12 heteroatoms. The first-order valence-electron chi connectivity index (χ1n) is 6.69. The van der Waals surface area contributed by atoms with E-state index in [-0.39, 0.29) is 6.54 Å². The second-order valence-corrected chi connectivity index (χ2v) is 6.80. The van der Waals surface area contributed by atoms with E-state index in [9.17, 15) is 28.7 Å². The second-order valence-electron chi connectivity index (χ2n) is 4.87. The molecule has 3 atom stereocenters. The maximum Gasteiger partial charge on any atom is 0.348 e. The van der Waals surface area contributed by atoms with Gasteiger partial charge in [-0.25, -0.2) is 0 Å². The Hall–Kier alpha value is -1.36. The van der Waals surface area contributed by atoms with E-state index in [0.717, 1.165) is 6.92 Å². The largest absolute Gasteiger partial charge is 0.394 e. The molecule has 0 aromatic rings. The second kappa shape index (κ2) is 9.06. The zero-order valence-electron chi connectivity index (χ0n) is 13.1. The van der Waals surface area contributed by atoms with Gasteiger partial charge < -0.3 is 31.3 Å².